The number of benzene rings is 1. The summed E-state index contributed by atoms with van der Waals surface area (Å²) in [7, 11) is 0. The van der Waals surface area contributed by atoms with Gasteiger partial charge in [-0.2, -0.15) is 0 Å². The van der Waals surface area contributed by atoms with E-state index in [1.54, 1.807) is 19.1 Å². The molecule has 0 aliphatic carbocycles. The molecule has 0 radical (unpaired) electrons. The van der Waals surface area contributed by atoms with Crippen LogP contribution in [0.15, 0.2) is 24.3 Å². The second-order valence-corrected chi connectivity index (χ2v) is 2.14. The van der Waals surface area contributed by atoms with Gasteiger partial charge in [0.05, 0.1) is 0 Å². The maximum atomic E-state index is 10.3. The third kappa shape index (κ3) is 4.12. The number of aromatic carboxylic acids is 1. The van der Waals surface area contributed by atoms with Gasteiger partial charge in [0.25, 0.3) is 0 Å². The molecule has 0 spiro atoms. The molecule has 0 aliphatic rings. The molecule has 72 valence electrons. The molecule has 0 amide bonds. The van der Waals surface area contributed by atoms with E-state index in [1.165, 1.54) is 12.1 Å². The fourth-order valence-corrected chi connectivity index (χ4v) is 0.654. The number of carbonyl (C=O) groups is 1. The van der Waals surface area contributed by atoms with Crippen LogP contribution in [0.5, 0.6) is 5.75 Å². The van der Waals surface area contributed by atoms with Crippen molar-refractivity contribution in [1.29, 1.82) is 0 Å². The summed E-state index contributed by atoms with van der Waals surface area (Å²) in [5.74, 6) is -1.31. The number of hydrogen-bond donors (Lipinski definition) is 3. The molecule has 1 aromatic rings. The Morgan fingerprint density at radius 1 is 1.38 bits per heavy atom. The zero-order chi connectivity index (χ0) is 10.3. The molecule has 0 aromatic heterocycles. The highest BCUT2D eigenvalue weighted by Gasteiger charge is 2.05. The smallest absolute Gasteiger partial charge is 0.339 e. The van der Waals surface area contributed by atoms with E-state index in [0.29, 0.717) is 0 Å². The molecule has 0 fully saturated rings. The van der Waals surface area contributed by atoms with E-state index in [1.807, 2.05) is 0 Å². The van der Waals surface area contributed by atoms with Gasteiger partial charge in [0.2, 0.25) is 0 Å². The molecule has 1 aromatic carbocycles. The highest BCUT2D eigenvalue weighted by Crippen LogP contribution is 2.14. The second-order valence-electron chi connectivity index (χ2n) is 2.14. The number of aliphatic hydroxyl groups excluding tert-OH is 1. The summed E-state index contributed by atoms with van der Waals surface area (Å²) in [5, 5.41) is 24.9. The monoisotopic (exact) mass is 184 g/mol. The normalized spacial score (nSPS) is 8.46. The van der Waals surface area contributed by atoms with E-state index in [4.69, 9.17) is 15.3 Å². The lowest BCUT2D eigenvalue weighted by molar-refractivity contribution is 0.0693. The van der Waals surface area contributed by atoms with Crippen LogP contribution in [-0.2, 0) is 0 Å². The lowest BCUT2D eigenvalue weighted by Crippen LogP contribution is -1.95. The number of aliphatic hydroxyl groups is 1. The van der Waals surface area contributed by atoms with Gasteiger partial charge >= 0.3 is 5.97 Å². The van der Waals surface area contributed by atoms with E-state index >= 15 is 0 Å². The van der Waals surface area contributed by atoms with Crippen molar-refractivity contribution in [1.82, 2.24) is 0 Å². The minimum absolute atomic E-state index is 0.0671. The van der Waals surface area contributed by atoms with Crippen molar-refractivity contribution in [2.75, 3.05) is 6.61 Å². The first kappa shape index (κ1) is 11.4. The van der Waals surface area contributed by atoms with Gasteiger partial charge in [0.15, 0.2) is 0 Å². The van der Waals surface area contributed by atoms with Crippen LogP contribution in [-0.4, -0.2) is 27.9 Å². The fraction of sp³-hybridized carbons (Fsp3) is 0.222. The molecule has 1 rings (SSSR count). The molecular weight excluding hydrogens is 172 g/mol. The van der Waals surface area contributed by atoms with Crippen LogP contribution in [0.1, 0.15) is 17.3 Å². The number of hydrogen-bond acceptors (Lipinski definition) is 3. The van der Waals surface area contributed by atoms with Gasteiger partial charge in [-0.05, 0) is 19.1 Å². The summed E-state index contributed by atoms with van der Waals surface area (Å²) in [6.45, 7) is 1.93. The number of rotatable bonds is 1. The molecular formula is C9H12O4. The van der Waals surface area contributed by atoms with Gasteiger partial charge in [0, 0.05) is 6.61 Å². The van der Waals surface area contributed by atoms with E-state index < -0.39 is 5.97 Å². The first-order valence-electron chi connectivity index (χ1n) is 3.75. The van der Waals surface area contributed by atoms with Gasteiger partial charge in [0.1, 0.15) is 11.3 Å². The van der Waals surface area contributed by atoms with Crippen molar-refractivity contribution in [3.05, 3.63) is 29.8 Å². The van der Waals surface area contributed by atoms with Crippen LogP contribution < -0.4 is 0 Å². The fourth-order valence-electron chi connectivity index (χ4n) is 0.654. The van der Waals surface area contributed by atoms with Crippen molar-refractivity contribution in [3.8, 4) is 5.75 Å². The first-order chi connectivity index (χ1) is 6.13. The van der Waals surface area contributed by atoms with Gasteiger partial charge in [-0.1, -0.05) is 12.1 Å². The van der Waals surface area contributed by atoms with Gasteiger partial charge in [-0.3, -0.25) is 0 Å². The van der Waals surface area contributed by atoms with E-state index in [0.717, 1.165) is 0 Å². The first-order valence-corrected chi connectivity index (χ1v) is 3.75. The van der Waals surface area contributed by atoms with E-state index in [2.05, 4.69) is 0 Å². The molecule has 0 bridgehead atoms. The van der Waals surface area contributed by atoms with Gasteiger partial charge < -0.3 is 15.3 Å². The molecule has 0 unspecified atom stereocenters. The van der Waals surface area contributed by atoms with Gasteiger partial charge in [-0.15, -0.1) is 0 Å². The zero-order valence-electron chi connectivity index (χ0n) is 7.27. The lowest BCUT2D eigenvalue weighted by Gasteiger charge is -1.95. The van der Waals surface area contributed by atoms with Crippen molar-refractivity contribution in [3.63, 3.8) is 0 Å². The van der Waals surface area contributed by atoms with Gasteiger partial charge in [-0.25, -0.2) is 4.79 Å². The summed E-state index contributed by atoms with van der Waals surface area (Å²) in [5.41, 5.74) is -0.0671. The van der Waals surface area contributed by atoms with Crippen LogP contribution >= 0.6 is 0 Å². The number of carboxylic acids is 1. The summed E-state index contributed by atoms with van der Waals surface area (Å²) >= 11 is 0. The minimum Gasteiger partial charge on any atom is -0.507 e. The highest BCUT2D eigenvalue weighted by molar-refractivity contribution is 5.90. The van der Waals surface area contributed by atoms with Crippen LogP contribution in [0.2, 0.25) is 0 Å². The number of phenols is 1. The topological polar surface area (TPSA) is 77.8 Å². The lowest BCUT2D eigenvalue weighted by atomic mass is 10.2. The maximum Gasteiger partial charge on any atom is 0.339 e. The average Bonchev–Trinajstić information content (AvgIpc) is 2.06. The Balaban J connectivity index is 0.000000424. The largest absolute Gasteiger partial charge is 0.507 e. The summed E-state index contributed by atoms with van der Waals surface area (Å²) in [6, 6.07) is 5.81. The second kappa shape index (κ2) is 6.02. The number of para-hydroxylation sites is 1. The summed E-state index contributed by atoms with van der Waals surface area (Å²) in [6.07, 6.45) is 0. The predicted octanol–water partition coefficient (Wildman–Crippen LogP) is 1.09. The molecule has 4 heteroatoms. The SMILES string of the molecule is CCO.O=C(O)c1ccccc1O. The van der Waals surface area contributed by atoms with Crippen LogP contribution in [0.25, 0.3) is 0 Å². The zero-order valence-corrected chi connectivity index (χ0v) is 7.27. The van der Waals surface area contributed by atoms with Crippen molar-refractivity contribution in [2.45, 2.75) is 6.92 Å². The Morgan fingerprint density at radius 2 is 1.85 bits per heavy atom. The van der Waals surface area contributed by atoms with Crippen LogP contribution in [0.4, 0.5) is 0 Å². The van der Waals surface area contributed by atoms with Crippen molar-refractivity contribution >= 4 is 5.97 Å². The van der Waals surface area contributed by atoms with E-state index in [9.17, 15) is 4.79 Å². The minimum atomic E-state index is -1.11. The van der Waals surface area contributed by atoms with Crippen LogP contribution in [0.3, 0.4) is 0 Å². The third-order valence-corrected chi connectivity index (χ3v) is 1.13. The van der Waals surface area contributed by atoms with Crippen molar-refractivity contribution < 1.29 is 20.1 Å². The average molecular weight is 184 g/mol. The Labute approximate surface area is 76.1 Å². The Bertz CT molecular complexity index is 270. The maximum absolute atomic E-state index is 10.3. The predicted molar refractivity (Wildman–Crippen MR) is 47.8 cm³/mol. The Morgan fingerprint density at radius 3 is 2.15 bits per heavy atom. The molecule has 13 heavy (non-hydrogen) atoms. The quantitative estimate of drug-likeness (QED) is 0.610. The summed E-state index contributed by atoms with van der Waals surface area (Å²) < 4.78 is 0. The molecule has 0 saturated heterocycles. The van der Waals surface area contributed by atoms with E-state index in [-0.39, 0.29) is 17.9 Å². The standard InChI is InChI=1S/C7H6O3.C2H6O/c8-6-4-2-1-3-5(6)7(9)10;1-2-3/h1-4,8H,(H,9,10);3H,2H2,1H3. The Kier molecular flexibility index (Phi) is 5.30. The summed E-state index contributed by atoms with van der Waals surface area (Å²) in [4.78, 5) is 10.3. The Hall–Kier alpha value is -1.55. The molecule has 0 aliphatic heterocycles. The molecule has 4 nitrogen and oxygen atoms in total. The highest BCUT2D eigenvalue weighted by atomic mass is 16.4. The number of carboxylic acid groups (broad SMARTS) is 1. The van der Waals surface area contributed by atoms with Crippen molar-refractivity contribution in [2.24, 2.45) is 0 Å². The third-order valence-electron chi connectivity index (χ3n) is 1.13. The number of aromatic hydroxyl groups is 1. The molecule has 0 atom stereocenters. The molecule has 0 heterocycles. The molecule has 0 saturated carbocycles. The molecule has 3 N–H and O–H groups in total. The van der Waals surface area contributed by atoms with Crippen LogP contribution in [0, 0.1) is 0 Å².